The van der Waals surface area contributed by atoms with Crippen LogP contribution >= 0.6 is 11.3 Å². The summed E-state index contributed by atoms with van der Waals surface area (Å²) in [5.41, 5.74) is 10.4. The minimum absolute atomic E-state index is 0.123. The number of aryl methyl sites for hydroxylation is 1. The van der Waals surface area contributed by atoms with Crippen molar-refractivity contribution in [3.05, 3.63) is 69.4 Å². The fraction of sp³-hybridized carbons (Fsp3) is 0.429. The zero-order chi connectivity index (χ0) is 24.8. The zero-order valence-corrected chi connectivity index (χ0v) is 21.9. The maximum atomic E-state index is 6.59. The SMILES string of the molecule is COc1ccc(CCC(N)CCN2CCc3sccc3C2c2ccc(OC)c(OC)c2)cc1OC. The maximum absolute atomic E-state index is 6.59. The number of ether oxygens (including phenoxy) is 4. The first-order valence-electron chi connectivity index (χ1n) is 12.1. The van der Waals surface area contributed by atoms with E-state index < -0.39 is 0 Å². The lowest BCUT2D eigenvalue weighted by molar-refractivity contribution is 0.206. The van der Waals surface area contributed by atoms with Gasteiger partial charge in [0.25, 0.3) is 0 Å². The highest BCUT2D eigenvalue weighted by Gasteiger charge is 2.30. The second-order valence-corrected chi connectivity index (χ2v) is 9.88. The van der Waals surface area contributed by atoms with Crippen molar-refractivity contribution < 1.29 is 18.9 Å². The Kier molecular flexibility index (Phi) is 8.55. The largest absolute Gasteiger partial charge is 0.493 e. The van der Waals surface area contributed by atoms with Gasteiger partial charge in [-0.05, 0) is 78.1 Å². The van der Waals surface area contributed by atoms with E-state index in [0.717, 1.165) is 61.8 Å². The summed E-state index contributed by atoms with van der Waals surface area (Å²) in [7, 11) is 6.68. The summed E-state index contributed by atoms with van der Waals surface area (Å²) in [6.45, 7) is 1.97. The first-order valence-corrected chi connectivity index (χ1v) is 12.9. The molecule has 0 fully saturated rings. The van der Waals surface area contributed by atoms with E-state index >= 15 is 0 Å². The van der Waals surface area contributed by atoms with Crippen molar-refractivity contribution in [2.45, 2.75) is 37.8 Å². The molecule has 1 aliphatic rings. The van der Waals surface area contributed by atoms with Crippen LogP contribution in [0.15, 0.2) is 47.8 Å². The number of nitrogens with zero attached hydrogens (tertiary/aromatic N) is 1. The summed E-state index contributed by atoms with van der Waals surface area (Å²) in [6, 6.07) is 14.9. The predicted molar refractivity (Wildman–Crippen MR) is 141 cm³/mol. The fourth-order valence-corrected chi connectivity index (χ4v) is 5.79. The fourth-order valence-electron chi connectivity index (χ4n) is 4.89. The average molecular weight is 497 g/mol. The van der Waals surface area contributed by atoms with E-state index in [2.05, 4.69) is 34.5 Å². The van der Waals surface area contributed by atoms with Crippen LogP contribution in [0.5, 0.6) is 23.0 Å². The van der Waals surface area contributed by atoms with Crippen molar-refractivity contribution in [2.24, 2.45) is 5.73 Å². The molecule has 6 nitrogen and oxygen atoms in total. The first-order chi connectivity index (χ1) is 17.1. The number of nitrogens with two attached hydrogens (primary N) is 1. The zero-order valence-electron chi connectivity index (χ0n) is 21.1. The molecule has 0 spiro atoms. The van der Waals surface area contributed by atoms with E-state index in [1.54, 1.807) is 28.4 Å². The van der Waals surface area contributed by atoms with Gasteiger partial charge in [-0.3, -0.25) is 4.90 Å². The molecule has 0 aliphatic carbocycles. The molecule has 0 bridgehead atoms. The number of hydrogen-bond acceptors (Lipinski definition) is 7. The molecular formula is C28H36N2O4S. The van der Waals surface area contributed by atoms with E-state index in [-0.39, 0.29) is 12.1 Å². The highest BCUT2D eigenvalue weighted by molar-refractivity contribution is 7.10. The summed E-state index contributed by atoms with van der Waals surface area (Å²) < 4.78 is 21.8. The van der Waals surface area contributed by atoms with Gasteiger partial charge in [-0.2, -0.15) is 0 Å². The molecular weight excluding hydrogens is 460 g/mol. The maximum Gasteiger partial charge on any atom is 0.161 e. The molecule has 0 radical (unpaired) electrons. The summed E-state index contributed by atoms with van der Waals surface area (Å²) in [6.07, 6.45) is 3.86. The number of fused-ring (bicyclic) bond motifs is 1. The monoisotopic (exact) mass is 496 g/mol. The molecule has 35 heavy (non-hydrogen) atoms. The molecule has 4 rings (SSSR count). The molecule has 2 aromatic carbocycles. The van der Waals surface area contributed by atoms with Gasteiger partial charge in [-0.15, -0.1) is 11.3 Å². The van der Waals surface area contributed by atoms with Crippen molar-refractivity contribution in [1.82, 2.24) is 4.90 Å². The van der Waals surface area contributed by atoms with Crippen LogP contribution in [-0.2, 0) is 12.8 Å². The summed E-state index contributed by atoms with van der Waals surface area (Å²) >= 11 is 1.85. The number of thiophene rings is 1. The van der Waals surface area contributed by atoms with Gasteiger partial charge < -0.3 is 24.7 Å². The minimum Gasteiger partial charge on any atom is -0.493 e. The Labute approximate surface area is 212 Å². The Hall–Kier alpha value is -2.74. The Morgan fingerprint density at radius 3 is 2.29 bits per heavy atom. The Morgan fingerprint density at radius 2 is 1.57 bits per heavy atom. The predicted octanol–water partition coefficient (Wildman–Crippen LogP) is 5.08. The van der Waals surface area contributed by atoms with Crippen molar-refractivity contribution in [1.29, 1.82) is 0 Å². The Bertz CT molecular complexity index is 1120. The molecule has 3 aromatic rings. The highest BCUT2D eigenvalue weighted by atomic mass is 32.1. The van der Waals surface area contributed by atoms with Gasteiger partial charge in [0.15, 0.2) is 23.0 Å². The summed E-state index contributed by atoms with van der Waals surface area (Å²) in [5, 5.41) is 2.21. The average Bonchev–Trinajstić information content (AvgIpc) is 3.38. The third-order valence-electron chi connectivity index (χ3n) is 6.83. The quantitative estimate of drug-likeness (QED) is 0.399. The van der Waals surface area contributed by atoms with Crippen molar-refractivity contribution in [3.63, 3.8) is 0 Å². The Morgan fingerprint density at radius 1 is 0.886 bits per heavy atom. The number of rotatable bonds is 11. The van der Waals surface area contributed by atoms with Gasteiger partial charge in [-0.1, -0.05) is 12.1 Å². The molecule has 0 saturated heterocycles. The van der Waals surface area contributed by atoms with Crippen molar-refractivity contribution >= 4 is 11.3 Å². The summed E-state index contributed by atoms with van der Waals surface area (Å²) in [4.78, 5) is 4.03. The van der Waals surface area contributed by atoms with Crippen LogP contribution in [0.4, 0.5) is 0 Å². The lowest BCUT2D eigenvalue weighted by Crippen LogP contribution is -2.38. The van der Waals surface area contributed by atoms with Gasteiger partial charge in [0.05, 0.1) is 34.5 Å². The van der Waals surface area contributed by atoms with Crippen LogP contribution in [0.1, 0.15) is 40.5 Å². The molecule has 1 aliphatic heterocycles. The van der Waals surface area contributed by atoms with Gasteiger partial charge in [0, 0.05) is 24.0 Å². The van der Waals surface area contributed by atoms with Crippen molar-refractivity contribution in [3.8, 4) is 23.0 Å². The normalized spacial score (nSPS) is 16.4. The number of hydrogen-bond donors (Lipinski definition) is 1. The molecule has 188 valence electrons. The molecule has 0 saturated carbocycles. The van der Waals surface area contributed by atoms with Crippen LogP contribution in [-0.4, -0.2) is 52.5 Å². The lowest BCUT2D eigenvalue weighted by Gasteiger charge is -2.37. The lowest BCUT2D eigenvalue weighted by atomic mass is 9.92. The van der Waals surface area contributed by atoms with E-state index in [1.807, 2.05) is 29.5 Å². The number of benzene rings is 2. The molecule has 2 N–H and O–H groups in total. The van der Waals surface area contributed by atoms with Gasteiger partial charge in [-0.25, -0.2) is 0 Å². The summed E-state index contributed by atoms with van der Waals surface area (Å²) in [5.74, 6) is 3.02. The number of methoxy groups -OCH3 is 4. The van der Waals surface area contributed by atoms with Crippen LogP contribution in [0.3, 0.4) is 0 Å². The van der Waals surface area contributed by atoms with E-state index in [4.69, 9.17) is 24.7 Å². The smallest absolute Gasteiger partial charge is 0.161 e. The third kappa shape index (κ3) is 5.74. The van der Waals surface area contributed by atoms with Crippen LogP contribution in [0, 0.1) is 0 Å². The van der Waals surface area contributed by atoms with E-state index in [1.165, 1.54) is 21.6 Å². The molecule has 2 heterocycles. The van der Waals surface area contributed by atoms with Crippen LogP contribution in [0.25, 0.3) is 0 Å². The van der Waals surface area contributed by atoms with E-state index in [9.17, 15) is 0 Å². The first kappa shape index (κ1) is 25.4. The molecule has 0 amide bonds. The van der Waals surface area contributed by atoms with Crippen molar-refractivity contribution in [2.75, 3.05) is 41.5 Å². The molecule has 2 atom stereocenters. The second-order valence-electron chi connectivity index (χ2n) is 8.88. The highest BCUT2D eigenvalue weighted by Crippen LogP contribution is 2.40. The van der Waals surface area contributed by atoms with Crippen LogP contribution < -0.4 is 24.7 Å². The van der Waals surface area contributed by atoms with Crippen LogP contribution in [0.2, 0.25) is 0 Å². The Balaban J connectivity index is 1.43. The molecule has 2 unspecified atom stereocenters. The minimum atomic E-state index is 0.123. The topological polar surface area (TPSA) is 66.2 Å². The standard InChI is InChI=1S/C28H36N2O4S/c1-31-23-9-6-19(17-25(23)33-3)5-8-21(29)11-14-30-15-12-27-22(13-16-35-27)28(30)20-7-10-24(32-2)26(18-20)34-4/h6-7,9-10,13,16-18,21,28H,5,8,11-12,14-15,29H2,1-4H3. The van der Waals surface area contributed by atoms with Gasteiger partial charge in [0.2, 0.25) is 0 Å². The molecule has 7 heteroatoms. The van der Waals surface area contributed by atoms with E-state index in [0.29, 0.717) is 0 Å². The second kappa shape index (κ2) is 11.8. The third-order valence-corrected chi connectivity index (χ3v) is 7.82. The van der Waals surface area contributed by atoms with Gasteiger partial charge in [0.1, 0.15) is 0 Å². The molecule has 1 aromatic heterocycles. The van der Waals surface area contributed by atoms with Gasteiger partial charge >= 0.3 is 0 Å².